The van der Waals surface area contributed by atoms with Crippen molar-refractivity contribution in [2.45, 2.75) is 18.0 Å². The van der Waals surface area contributed by atoms with E-state index in [0.717, 1.165) is 24.3 Å². The fourth-order valence-electron chi connectivity index (χ4n) is 3.50. The van der Waals surface area contributed by atoms with Gasteiger partial charge in [0.2, 0.25) is 0 Å². The number of ether oxygens (including phenoxy) is 1. The Hall–Kier alpha value is -3.99. The number of carbonyl (C=O) groups excluding carboxylic acids is 1. The summed E-state index contributed by atoms with van der Waals surface area (Å²) in [6, 6.07) is 12.3. The molecule has 4 rings (SSSR count). The van der Waals surface area contributed by atoms with Gasteiger partial charge in [0.25, 0.3) is 15.9 Å². The molecule has 1 aliphatic rings. The first-order valence-corrected chi connectivity index (χ1v) is 11.8. The third-order valence-corrected chi connectivity index (χ3v) is 6.56. The van der Waals surface area contributed by atoms with Crippen molar-refractivity contribution in [2.24, 2.45) is 0 Å². The summed E-state index contributed by atoms with van der Waals surface area (Å²) in [5, 5.41) is 13.1. The van der Waals surface area contributed by atoms with Gasteiger partial charge in [-0.15, -0.1) is 0 Å². The number of rotatable bonds is 6. The van der Waals surface area contributed by atoms with Gasteiger partial charge in [0.1, 0.15) is 0 Å². The summed E-state index contributed by atoms with van der Waals surface area (Å²) in [6.07, 6.45) is -3.13. The highest BCUT2D eigenvalue weighted by atomic mass is 32.2. The fraction of sp³-hybridized carbons (Fsp3) is 0.125. The van der Waals surface area contributed by atoms with Crippen LogP contribution in [0.1, 0.15) is 23.6 Å². The van der Waals surface area contributed by atoms with Gasteiger partial charge in [-0.1, -0.05) is 12.1 Å². The number of amides is 1. The van der Waals surface area contributed by atoms with Crippen LogP contribution in [0.25, 0.3) is 11.6 Å². The molecule has 0 radical (unpaired) electrons. The van der Waals surface area contributed by atoms with Crippen molar-refractivity contribution in [3.8, 4) is 11.5 Å². The SMILES string of the molecule is CCOc1cccc(C=C2C(=O)Nc3ccc(S(=O)(=O)Nc4ccc(C(F)(F)F)cc4)cc32)c1O. The van der Waals surface area contributed by atoms with E-state index in [1.165, 1.54) is 24.3 Å². The number of carbonyl (C=O) groups is 1. The lowest BCUT2D eigenvalue weighted by Gasteiger charge is -2.11. The summed E-state index contributed by atoms with van der Waals surface area (Å²) in [7, 11) is -4.19. The second kappa shape index (κ2) is 8.99. The number of halogens is 3. The van der Waals surface area contributed by atoms with Gasteiger partial charge in [-0.3, -0.25) is 9.52 Å². The molecule has 0 spiro atoms. The van der Waals surface area contributed by atoms with Crippen LogP contribution >= 0.6 is 0 Å². The van der Waals surface area contributed by atoms with Crippen LogP contribution in [-0.4, -0.2) is 26.0 Å². The Morgan fingerprint density at radius 1 is 1.09 bits per heavy atom. The zero-order valence-corrected chi connectivity index (χ0v) is 19.0. The summed E-state index contributed by atoms with van der Waals surface area (Å²) >= 11 is 0. The third kappa shape index (κ3) is 4.94. The molecule has 11 heteroatoms. The van der Waals surface area contributed by atoms with Gasteiger partial charge < -0.3 is 15.2 Å². The molecule has 0 saturated carbocycles. The molecule has 3 aromatic rings. The van der Waals surface area contributed by atoms with Crippen LogP contribution in [-0.2, 0) is 21.0 Å². The van der Waals surface area contributed by atoms with Gasteiger partial charge in [-0.2, -0.15) is 13.2 Å². The van der Waals surface area contributed by atoms with Crippen molar-refractivity contribution in [2.75, 3.05) is 16.6 Å². The molecule has 0 bridgehead atoms. The van der Waals surface area contributed by atoms with E-state index in [-0.39, 0.29) is 33.2 Å². The van der Waals surface area contributed by atoms with Crippen molar-refractivity contribution in [3.05, 3.63) is 77.4 Å². The van der Waals surface area contributed by atoms with Crippen LogP contribution in [0, 0.1) is 0 Å². The van der Waals surface area contributed by atoms with Gasteiger partial charge in [0.05, 0.1) is 17.1 Å². The standard InChI is InChI=1S/C24H19F3N2O5S/c1-2-34-21-5-3-4-14(22(21)30)12-19-18-13-17(10-11-20(18)28-23(19)31)35(32,33)29-16-8-6-15(7-9-16)24(25,26)27/h3-13,29-30H,2H2,1H3,(H,28,31). The third-order valence-electron chi connectivity index (χ3n) is 5.18. The zero-order chi connectivity index (χ0) is 25.4. The summed E-state index contributed by atoms with van der Waals surface area (Å²) in [4.78, 5) is 12.4. The van der Waals surface area contributed by atoms with Gasteiger partial charge >= 0.3 is 6.18 Å². The van der Waals surface area contributed by atoms with Crippen LogP contribution < -0.4 is 14.8 Å². The number of benzene rings is 3. The van der Waals surface area contributed by atoms with E-state index in [9.17, 15) is 31.5 Å². The van der Waals surface area contributed by atoms with Crippen molar-refractivity contribution in [1.82, 2.24) is 0 Å². The number of fused-ring (bicyclic) bond motifs is 1. The first kappa shape index (κ1) is 24.1. The Kier molecular flexibility index (Phi) is 6.20. The Labute approximate surface area is 198 Å². The molecule has 7 nitrogen and oxygen atoms in total. The number of phenolic OH excluding ortho intramolecular Hbond substituents is 1. The number of sulfonamides is 1. The normalized spacial score (nSPS) is 14.5. The van der Waals surface area contributed by atoms with Crippen LogP contribution in [0.2, 0.25) is 0 Å². The molecule has 0 saturated heterocycles. The van der Waals surface area contributed by atoms with Crippen LogP contribution in [0.5, 0.6) is 11.5 Å². The maximum absolute atomic E-state index is 12.9. The monoisotopic (exact) mass is 504 g/mol. The first-order valence-electron chi connectivity index (χ1n) is 10.3. The predicted molar refractivity (Wildman–Crippen MR) is 124 cm³/mol. The molecule has 0 aromatic heterocycles. The van der Waals surface area contributed by atoms with Crippen molar-refractivity contribution < 1.29 is 36.2 Å². The minimum Gasteiger partial charge on any atom is -0.504 e. The number of alkyl halides is 3. The molecule has 0 aliphatic carbocycles. The number of anilines is 2. The molecule has 182 valence electrons. The Bertz CT molecular complexity index is 1430. The maximum atomic E-state index is 12.9. The molecule has 0 fully saturated rings. The number of phenols is 1. The van der Waals surface area contributed by atoms with Crippen molar-refractivity contribution in [1.29, 1.82) is 0 Å². The second-order valence-electron chi connectivity index (χ2n) is 7.53. The van der Waals surface area contributed by atoms with E-state index in [1.807, 2.05) is 0 Å². The quantitative estimate of drug-likeness (QED) is 0.405. The smallest absolute Gasteiger partial charge is 0.416 e. The zero-order valence-electron chi connectivity index (χ0n) is 18.2. The Balaban J connectivity index is 1.67. The van der Waals surface area contributed by atoms with Gasteiger partial charge in [0.15, 0.2) is 11.5 Å². The Morgan fingerprint density at radius 2 is 1.80 bits per heavy atom. The lowest BCUT2D eigenvalue weighted by atomic mass is 10.0. The largest absolute Gasteiger partial charge is 0.504 e. The molecule has 0 atom stereocenters. The number of hydrogen-bond acceptors (Lipinski definition) is 5. The highest BCUT2D eigenvalue weighted by molar-refractivity contribution is 7.92. The summed E-state index contributed by atoms with van der Waals surface area (Å²) in [5.41, 5.74) is 0.109. The predicted octanol–water partition coefficient (Wildman–Crippen LogP) is 5.10. The van der Waals surface area contributed by atoms with Gasteiger partial charge in [-0.05, 0) is 61.5 Å². The first-order chi connectivity index (χ1) is 16.5. The molecule has 3 aromatic carbocycles. The molecular weight excluding hydrogens is 485 g/mol. The number of hydrogen-bond donors (Lipinski definition) is 3. The topological polar surface area (TPSA) is 105 Å². The molecule has 35 heavy (non-hydrogen) atoms. The van der Waals surface area contributed by atoms with Crippen molar-refractivity contribution in [3.63, 3.8) is 0 Å². The summed E-state index contributed by atoms with van der Waals surface area (Å²) < 4.78 is 71.6. The number of nitrogens with one attached hydrogen (secondary N) is 2. The van der Waals surface area contributed by atoms with E-state index in [2.05, 4.69) is 10.0 Å². The minimum atomic E-state index is -4.55. The van der Waals surface area contributed by atoms with Crippen LogP contribution in [0.4, 0.5) is 24.5 Å². The van der Waals surface area contributed by atoms with E-state index in [4.69, 9.17) is 4.74 Å². The average molecular weight is 504 g/mol. The lowest BCUT2D eigenvalue weighted by Crippen LogP contribution is -2.13. The average Bonchev–Trinajstić information content (AvgIpc) is 3.10. The number of para-hydroxylation sites is 1. The molecular formula is C24H19F3N2O5S. The highest BCUT2D eigenvalue weighted by Gasteiger charge is 2.30. The molecule has 0 unspecified atom stereocenters. The van der Waals surface area contributed by atoms with E-state index in [0.29, 0.717) is 17.9 Å². The van der Waals surface area contributed by atoms with Gasteiger partial charge in [0, 0.05) is 28.1 Å². The van der Waals surface area contributed by atoms with Gasteiger partial charge in [-0.25, -0.2) is 8.42 Å². The fourth-order valence-corrected chi connectivity index (χ4v) is 4.59. The van der Waals surface area contributed by atoms with Crippen molar-refractivity contribution >= 4 is 39.0 Å². The molecule has 3 N–H and O–H groups in total. The molecule has 1 amide bonds. The van der Waals surface area contributed by atoms with E-state index < -0.39 is 27.7 Å². The molecule has 1 heterocycles. The Morgan fingerprint density at radius 3 is 2.46 bits per heavy atom. The highest BCUT2D eigenvalue weighted by Crippen LogP contribution is 2.38. The lowest BCUT2D eigenvalue weighted by molar-refractivity contribution is -0.137. The number of aromatic hydroxyl groups is 1. The summed E-state index contributed by atoms with van der Waals surface area (Å²) in [6.45, 7) is 2.08. The van der Waals surface area contributed by atoms with Crippen LogP contribution in [0.3, 0.4) is 0 Å². The molecule has 1 aliphatic heterocycles. The second-order valence-corrected chi connectivity index (χ2v) is 9.21. The van der Waals surface area contributed by atoms with Crippen LogP contribution in [0.15, 0.2) is 65.6 Å². The van der Waals surface area contributed by atoms with E-state index in [1.54, 1.807) is 25.1 Å². The maximum Gasteiger partial charge on any atom is 0.416 e. The minimum absolute atomic E-state index is 0.0545. The summed E-state index contributed by atoms with van der Waals surface area (Å²) in [5.74, 6) is -0.431. The van der Waals surface area contributed by atoms with E-state index >= 15 is 0 Å².